The van der Waals surface area contributed by atoms with E-state index in [9.17, 15) is 4.79 Å². The molecule has 4 nitrogen and oxygen atoms in total. The zero-order chi connectivity index (χ0) is 16.2. The number of amides is 1. The predicted molar refractivity (Wildman–Crippen MR) is 97.9 cm³/mol. The molecule has 2 heterocycles. The molecule has 1 aliphatic heterocycles. The zero-order valence-electron chi connectivity index (χ0n) is 12.6. The number of fused-ring (bicyclic) bond motifs is 1. The number of halogens is 1. The van der Waals surface area contributed by atoms with Crippen molar-refractivity contribution >= 4 is 46.3 Å². The zero-order valence-corrected chi connectivity index (χ0v) is 15.0. The van der Waals surface area contributed by atoms with E-state index < -0.39 is 0 Å². The van der Waals surface area contributed by atoms with Crippen LogP contribution >= 0.6 is 34.7 Å². The molecule has 3 rings (SSSR count). The fourth-order valence-corrected chi connectivity index (χ4v) is 4.11. The van der Waals surface area contributed by atoms with Gasteiger partial charge in [-0.1, -0.05) is 11.6 Å². The first-order valence-electron chi connectivity index (χ1n) is 7.21. The van der Waals surface area contributed by atoms with Crippen LogP contribution in [0.15, 0.2) is 29.0 Å². The number of ether oxygens (including phenoxy) is 1. The third kappa shape index (κ3) is 3.66. The van der Waals surface area contributed by atoms with Crippen molar-refractivity contribution in [3.63, 3.8) is 0 Å². The Kier molecular flexibility index (Phi) is 5.48. The summed E-state index contributed by atoms with van der Waals surface area (Å²) in [5.74, 6) is 0.681. The number of carbonyl (C=O) groups is 1. The number of nitrogens with one attached hydrogen (secondary N) is 2. The van der Waals surface area contributed by atoms with Crippen molar-refractivity contribution in [3.8, 4) is 5.75 Å². The van der Waals surface area contributed by atoms with Crippen LogP contribution in [0.4, 0.5) is 5.69 Å². The summed E-state index contributed by atoms with van der Waals surface area (Å²) >= 11 is 9.36. The molecule has 0 saturated carbocycles. The van der Waals surface area contributed by atoms with E-state index in [4.69, 9.17) is 16.3 Å². The number of anilines is 1. The number of carbonyl (C=O) groups excluding carboxylic acids is 1. The molecule has 1 aromatic heterocycles. The van der Waals surface area contributed by atoms with E-state index in [-0.39, 0.29) is 11.2 Å². The monoisotopic (exact) mass is 368 g/mol. The Balaban J connectivity index is 1.60. The molecular weight excluding hydrogens is 352 g/mol. The molecule has 7 heteroatoms. The number of thioether (sulfide) groups is 1. The molecule has 0 saturated heterocycles. The number of hydrogen-bond donors (Lipinski definition) is 2. The van der Waals surface area contributed by atoms with Crippen LogP contribution in [0.25, 0.3) is 0 Å². The summed E-state index contributed by atoms with van der Waals surface area (Å²) in [5, 5.41) is 10.7. The molecule has 0 spiro atoms. The lowest BCUT2D eigenvalue weighted by molar-refractivity contribution is -0.115. The van der Waals surface area contributed by atoms with Gasteiger partial charge in [0.25, 0.3) is 0 Å². The van der Waals surface area contributed by atoms with Gasteiger partial charge < -0.3 is 15.4 Å². The van der Waals surface area contributed by atoms with Crippen molar-refractivity contribution in [3.05, 3.63) is 45.1 Å². The third-order valence-corrected chi connectivity index (χ3v) is 5.55. The van der Waals surface area contributed by atoms with Gasteiger partial charge in [0.1, 0.15) is 17.6 Å². The lowest BCUT2D eigenvalue weighted by atomic mass is 10.1. The molecule has 1 aromatic carbocycles. The average molecular weight is 369 g/mol. The molecule has 0 fully saturated rings. The first kappa shape index (κ1) is 16.6. The van der Waals surface area contributed by atoms with Crippen LogP contribution in [-0.2, 0) is 11.3 Å². The average Bonchev–Trinajstić information content (AvgIpc) is 3.16. The molecule has 1 aliphatic rings. The van der Waals surface area contributed by atoms with E-state index in [1.54, 1.807) is 17.4 Å². The molecule has 1 amide bonds. The molecule has 1 atom stereocenters. The second-order valence-corrected chi connectivity index (χ2v) is 7.23. The first-order chi connectivity index (χ1) is 11.2. The SMILES string of the molecule is CSC1C(=O)Nc2c(Cl)ccc(OCCNCc3ccsc3)c21. The van der Waals surface area contributed by atoms with Gasteiger partial charge in [-0.05, 0) is 40.8 Å². The molecule has 0 radical (unpaired) electrons. The van der Waals surface area contributed by atoms with Gasteiger partial charge in [0, 0.05) is 18.7 Å². The summed E-state index contributed by atoms with van der Waals surface area (Å²) in [6.07, 6.45) is 1.91. The third-order valence-electron chi connectivity index (χ3n) is 3.58. The largest absolute Gasteiger partial charge is 0.492 e. The van der Waals surface area contributed by atoms with Crippen molar-refractivity contribution in [2.24, 2.45) is 0 Å². The second-order valence-electron chi connectivity index (χ2n) is 5.10. The maximum Gasteiger partial charge on any atom is 0.242 e. The van der Waals surface area contributed by atoms with Gasteiger partial charge in [-0.15, -0.1) is 11.8 Å². The van der Waals surface area contributed by atoms with E-state index in [2.05, 4.69) is 27.5 Å². The minimum atomic E-state index is -0.266. The van der Waals surface area contributed by atoms with Gasteiger partial charge >= 0.3 is 0 Å². The number of hydrogen-bond acceptors (Lipinski definition) is 5. The van der Waals surface area contributed by atoms with Crippen molar-refractivity contribution < 1.29 is 9.53 Å². The van der Waals surface area contributed by atoms with Gasteiger partial charge in [0.05, 0.1) is 10.7 Å². The van der Waals surface area contributed by atoms with Crippen molar-refractivity contribution in [2.45, 2.75) is 11.8 Å². The smallest absolute Gasteiger partial charge is 0.242 e. The summed E-state index contributed by atoms with van der Waals surface area (Å²) in [4.78, 5) is 12.0. The van der Waals surface area contributed by atoms with Gasteiger partial charge in [0.2, 0.25) is 5.91 Å². The summed E-state index contributed by atoms with van der Waals surface area (Å²) in [5.41, 5.74) is 2.81. The Labute approximate surface area is 148 Å². The molecule has 0 aliphatic carbocycles. The van der Waals surface area contributed by atoms with Gasteiger partial charge in [-0.2, -0.15) is 11.3 Å². The summed E-state index contributed by atoms with van der Waals surface area (Å²) in [6.45, 7) is 2.10. The minimum Gasteiger partial charge on any atom is -0.492 e. The number of benzene rings is 1. The Morgan fingerprint density at radius 1 is 1.43 bits per heavy atom. The number of thiophene rings is 1. The Morgan fingerprint density at radius 2 is 2.30 bits per heavy atom. The second kappa shape index (κ2) is 7.57. The highest BCUT2D eigenvalue weighted by atomic mass is 35.5. The van der Waals surface area contributed by atoms with Crippen LogP contribution in [-0.4, -0.2) is 25.3 Å². The molecule has 122 valence electrons. The van der Waals surface area contributed by atoms with Crippen molar-refractivity contribution in [2.75, 3.05) is 24.7 Å². The van der Waals surface area contributed by atoms with Crippen LogP contribution in [0, 0.1) is 0 Å². The van der Waals surface area contributed by atoms with E-state index in [1.165, 1.54) is 17.3 Å². The standard InChI is InChI=1S/C16H17ClN2O2S2/c1-22-15-13-12(3-2-11(17)14(13)19-16(15)20)21-6-5-18-8-10-4-7-23-9-10/h2-4,7,9,15,18H,5-6,8H2,1H3,(H,19,20). The fraction of sp³-hybridized carbons (Fsp3) is 0.312. The Hall–Kier alpha value is -1.21. The van der Waals surface area contributed by atoms with Crippen molar-refractivity contribution in [1.82, 2.24) is 5.32 Å². The van der Waals surface area contributed by atoms with E-state index in [1.807, 2.05) is 12.3 Å². The topological polar surface area (TPSA) is 50.4 Å². The van der Waals surface area contributed by atoms with Gasteiger partial charge in [0.15, 0.2) is 0 Å². The quantitative estimate of drug-likeness (QED) is 0.727. The molecule has 2 N–H and O–H groups in total. The van der Waals surface area contributed by atoms with Crippen LogP contribution in [0.1, 0.15) is 16.4 Å². The van der Waals surface area contributed by atoms with Crippen LogP contribution in [0.2, 0.25) is 5.02 Å². The molecule has 2 aromatic rings. The van der Waals surface area contributed by atoms with Gasteiger partial charge in [-0.3, -0.25) is 4.79 Å². The first-order valence-corrected chi connectivity index (χ1v) is 9.82. The highest BCUT2D eigenvalue weighted by Gasteiger charge is 2.34. The van der Waals surface area contributed by atoms with E-state index in [0.717, 1.165) is 24.4 Å². The number of rotatable bonds is 7. The Bertz CT molecular complexity index is 692. The summed E-state index contributed by atoms with van der Waals surface area (Å²) < 4.78 is 5.88. The van der Waals surface area contributed by atoms with Crippen LogP contribution in [0.5, 0.6) is 5.75 Å². The lowest BCUT2D eigenvalue weighted by Crippen LogP contribution is -2.20. The normalized spacial score (nSPS) is 16.3. The lowest BCUT2D eigenvalue weighted by Gasteiger charge is -2.14. The molecule has 23 heavy (non-hydrogen) atoms. The fourth-order valence-electron chi connectivity index (χ4n) is 2.49. The summed E-state index contributed by atoms with van der Waals surface area (Å²) in [6, 6.07) is 5.70. The Morgan fingerprint density at radius 3 is 3.04 bits per heavy atom. The minimum absolute atomic E-state index is 0.0407. The van der Waals surface area contributed by atoms with E-state index in [0.29, 0.717) is 17.3 Å². The summed E-state index contributed by atoms with van der Waals surface area (Å²) in [7, 11) is 0. The van der Waals surface area contributed by atoms with E-state index >= 15 is 0 Å². The molecule has 0 bridgehead atoms. The highest BCUT2D eigenvalue weighted by Crippen LogP contribution is 2.47. The molecular formula is C16H17ClN2O2S2. The van der Waals surface area contributed by atoms with Crippen LogP contribution in [0.3, 0.4) is 0 Å². The molecule has 1 unspecified atom stereocenters. The maximum atomic E-state index is 12.0. The van der Waals surface area contributed by atoms with Crippen molar-refractivity contribution in [1.29, 1.82) is 0 Å². The van der Waals surface area contributed by atoms with Gasteiger partial charge in [-0.25, -0.2) is 0 Å². The maximum absolute atomic E-state index is 12.0. The van der Waals surface area contributed by atoms with Crippen LogP contribution < -0.4 is 15.4 Å². The predicted octanol–water partition coefficient (Wildman–Crippen LogP) is 3.93. The highest BCUT2D eigenvalue weighted by molar-refractivity contribution is 7.99.